The van der Waals surface area contributed by atoms with Crippen molar-refractivity contribution in [3.8, 4) is 6.07 Å². The van der Waals surface area contributed by atoms with Gasteiger partial charge in [0, 0.05) is 24.5 Å². The zero-order chi connectivity index (χ0) is 18.9. The number of non-ortho nitro benzene ring substituents is 1. The Morgan fingerprint density at radius 1 is 1.23 bits per heavy atom. The van der Waals surface area contributed by atoms with Crippen molar-refractivity contribution in [3.63, 3.8) is 0 Å². The molecule has 2 aromatic rings. The second kappa shape index (κ2) is 8.60. The molecule has 0 aliphatic carbocycles. The molecule has 2 rings (SSSR count). The predicted octanol–water partition coefficient (Wildman–Crippen LogP) is 1.43. The number of carbonyl (C=O) groups is 2. The smallest absolute Gasteiger partial charge is 0.269 e. The summed E-state index contributed by atoms with van der Waals surface area (Å²) >= 11 is 0. The Kier molecular flexibility index (Phi) is 6.00. The Bertz CT molecular complexity index is 875. The van der Waals surface area contributed by atoms with E-state index in [1.54, 1.807) is 12.1 Å². The van der Waals surface area contributed by atoms with Crippen LogP contribution in [0, 0.1) is 21.4 Å². The lowest BCUT2D eigenvalue weighted by Crippen LogP contribution is -2.45. The van der Waals surface area contributed by atoms with E-state index in [1.165, 1.54) is 42.7 Å². The molecule has 1 heterocycles. The van der Waals surface area contributed by atoms with E-state index in [2.05, 4.69) is 26.1 Å². The summed E-state index contributed by atoms with van der Waals surface area (Å²) in [6.45, 7) is 0. The summed E-state index contributed by atoms with van der Waals surface area (Å²) in [4.78, 5) is 37.4. The van der Waals surface area contributed by atoms with E-state index in [4.69, 9.17) is 5.26 Å². The SMILES string of the molecule is N#C[C@H](N=Nc1ccc([N+](=O)[O-])cc1)C(=O)NNC(=O)c1cccnc1. The number of nitrogens with zero attached hydrogens (tertiary/aromatic N) is 5. The first-order valence-electron chi connectivity index (χ1n) is 7.06. The molecule has 0 aliphatic rings. The van der Waals surface area contributed by atoms with Crippen molar-refractivity contribution >= 4 is 23.2 Å². The van der Waals surface area contributed by atoms with E-state index in [9.17, 15) is 19.7 Å². The average Bonchev–Trinajstić information content (AvgIpc) is 2.67. The van der Waals surface area contributed by atoms with E-state index in [0.717, 1.165) is 0 Å². The van der Waals surface area contributed by atoms with Gasteiger partial charge in [0.15, 0.2) is 0 Å². The molecule has 1 aromatic carbocycles. The van der Waals surface area contributed by atoms with Crippen molar-refractivity contribution in [2.24, 2.45) is 10.2 Å². The molecular formula is C15H11N7O4. The number of nitriles is 1. The first-order valence-corrected chi connectivity index (χ1v) is 7.06. The third-order valence-electron chi connectivity index (χ3n) is 2.94. The van der Waals surface area contributed by atoms with Gasteiger partial charge < -0.3 is 0 Å². The van der Waals surface area contributed by atoms with E-state index in [0.29, 0.717) is 0 Å². The molecule has 1 aromatic heterocycles. The maximum Gasteiger partial charge on any atom is 0.279 e. The molecule has 0 unspecified atom stereocenters. The molecule has 0 saturated heterocycles. The number of nitro groups is 1. The molecule has 0 spiro atoms. The summed E-state index contributed by atoms with van der Waals surface area (Å²) in [5.74, 6) is -1.51. The van der Waals surface area contributed by atoms with Gasteiger partial charge in [0.1, 0.15) is 6.07 Å². The highest BCUT2D eigenvalue weighted by atomic mass is 16.6. The fourth-order valence-electron chi connectivity index (χ4n) is 1.66. The summed E-state index contributed by atoms with van der Waals surface area (Å²) in [7, 11) is 0. The topological polar surface area (TPSA) is 163 Å². The van der Waals surface area contributed by atoms with Crippen LogP contribution in [0.2, 0.25) is 0 Å². The van der Waals surface area contributed by atoms with Crippen molar-refractivity contribution in [1.82, 2.24) is 15.8 Å². The maximum atomic E-state index is 11.9. The van der Waals surface area contributed by atoms with Crippen LogP contribution in [-0.4, -0.2) is 27.8 Å². The van der Waals surface area contributed by atoms with Gasteiger partial charge in [-0.2, -0.15) is 15.5 Å². The number of hydrazine groups is 1. The van der Waals surface area contributed by atoms with Crippen LogP contribution in [0.4, 0.5) is 11.4 Å². The molecule has 11 nitrogen and oxygen atoms in total. The first kappa shape index (κ1) is 18.1. The Morgan fingerprint density at radius 3 is 2.54 bits per heavy atom. The maximum absolute atomic E-state index is 11.9. The minimum atomic E-state index is -1.51. The summed E-state index contributed by atoms with van der Waals surface area (Å²) in [5.41, 5.74) is 4.50. The van der Waals surface area contributed by atoms with Gasteiger partial charge in [-0.25, -0.2) is 0 Å². The number of carbonyl (C=O) groups excluding carboxylic acids is 2. The highest BCUT2D eigenvalue weighted by molar-refractivity contribution is 5.95. The second-order valence-corrected chi connectivity index (χ2v) is 4.71. The normalized spacial score (nSPS) is 11.3. The average molecular weight is 353 g/mol. The largest absolute Gasteiger partial charge is 0.279 e. The van der Waals surface area contributed by atoms with E-state index in [-0.39, 0.29) is 16.9 Å². The molecule has 130 valence electrons. The van der Waals surface area contributed by atoms with Crippen LogP contribution in [0.25, 0.3) is 0 Å². The number of hydrogen-bond acceptors (Lipinski definition) is 8. The second-order valence-electron chi connectivity index (χ2n) is 4.71. The molecule has 0 bridgehead atoms. The molecule has 26 heavy (non-hydrogen) atoms. The molecule has 1 atom stereocenters. The van der Waals surface area contributed by atoms with Crippen LogP contribution in [0.5, 0.6) is 0 Å². The molecule has 2 amide bonds. The summed E-state index contributed by atoms with van der Waals surface area (Å²) in [6, 6.07) is 8.21. The molecular weight excluding hydrogens is 342 g/mol. The number of nitro benzene ring substituents is 1. The lowest BCUT2D eigenvalue weighted by Gasteiger charge is -2.07. The lowest BCUT2D eigenvalue weighted by atomic mass is 10.3. The Morgan fingerprint density at radius 2 is 1.96 bits per heavy atom. The zero-order valence-electron chi connectivity index (χ0n) is 13.1. The fourth-order valence-corrected chi connectivity index (χ4v) is 1.66. The van der Waals surface area contributed by atoms with Gasteiger partial charge in [0.25, 0.3) is 17.5 Å². The van der Waals surface area contributed by atoms with Gasteiger partial charge in [-0.05, 0) is 24.3 Å². The quantitative estimate of drug-likeness (QED) is 0.469. The Balaban J connectivity index is 1.94. The van der Waals surface area contributed by atoms with E-state index in [1.807, 2.05) is 0 Å². The van der Waals surface area contributed by atoms with Gasteiger partial charge in [-0.1, -0.05) is 0 Å². The zero-order valence-corrected chi connectivity index (χ0v) is 13.1. The number of rotatable bonds is 5. The van der Waals surface area contributed by atoms with Gasteiger partial charge >= 0.3 is 0 Å². The Labute approximate surface area is 146 Å². The van der Waals surface area contributed by atoms with Crippen LogP contribution in [0.1, 0.15) is 10.4 Å². The highest BCUT2D eigenvalue weighted by Gasteiger charge is 2.18. The fraction of sp³-hybridized carbons (Fsp3) is 0.0667. The number of amides is 2. The summed E-state index contributed by atoms with van der Waals surface area (Å²) in [5, 5.41) is 26.8. The number of hydrogen-bond donors (Lipinski definition) is 2. The van der Waals surface area contributed by atoms with Crippen LogP contribution >= 0.6 is 0 Å². The number of aromatic nitrogens is 1. The third-order valence-corrected chi connectivity index (χ3v) is 2.94. The standard InChI is InChI=1S/C15H11N7O4/c16-8-13(19-18-11-3-5-12(6-4-11)22(25)26)15(24)21-20-14(23)10-2-1-7-17-9-10/h1-7,9,13H,(H,20,23)(H,21,24)/t13-/m0/s1. The minimum absolute atomic E-state index is 0.128. The van der Waals surface area contributed by atoms with Gasteiger partial charge in [0.2, 0.25) is 6.04 Å². The van der Waals surface area contributed by atoms with Crippen LogP contribution < -0.4 is 10.9 Å². The third kappa shape index (κ3) is 4.90. The first-order chi connectivity index (χ1) is 12.5. The molecule has 0 saturated carbocycles. The summed E-state index contributed by atoms with van der Waals surface area (Å²) in [6.07, 6.45) is 2.79. The van der Waals surface area contributed by atoms with Crippen molar-refractivity contribution in [3.05, 3.63) is 64.5 Å². The number of azo groups is 1. The molecule has 2 N–H and O–H groups in total. The van der Waals surface area contributed by atoms with Crippen LogP contribution in [0.15, 0.2) is 59.0 Å². The van der Waals surface area contributed by atoms with Crippen molar-refractivity contribution in [1.29, 1.82) is 5.26 Å². The van der Waals surface area contributed by atoms with Crippen LogP contribution in [0.3, 0.4) is 0 Å². The molecule has 0 fully saturated rings. The molecule has 0 radical (unpaired) electrons. The van der Waals surface area contributed by atoms with Gasteiger partial charge in [-0.3, -0.25) is 35.5 Å². The lowest BCUT2D eigenvalue weighted by molar-refractivity contribution is -0.384. The predicted molar refractivity (Wildman–Crippen MR) is 86.9 cm³/mol. The highest BCUT2D eigenvalue weighted by Crippen LogP contribution is 2.18. The minimum Gasteiger partial charge on any atom is -0.269 e. The Hall–Kier alpha value is -4.20. The van der Waals surface area contributed by atoms with E-state index < -0.39 is 22.8 Å². The van der Waals surface area contributed by atoms with Gasteiger partial charge in [-0.15, -0.1) is 0 Å². The monoisotopic (exact) mass is 353 g/mol. The number of pyridine rings is 1. The summed E-state index contributed by atoms with van der Waals surface area (Å²) < 4.78 is 0. The molecule has 11 heteroatoms. The number of benzene rings is 1. The van der Waals surface area contributed by atoms with Crippen molar-refractivity contribution in [2.45, 2.75) is 6.04 Å². The van der Waals surface area contributed by atoms with E-state index >= 15 is 0 Å². The van der Waals surface area contributed by atoms with Crippen molar-refractivity contribution in [2.75, 3.05) is 0 Å². The number of nitrogens with one attached hydrogen (secondary N) is 2. The molecule has 0 aliphatic heterocycles. The van der Waals surface area contributed by atoms with Gasteiger partial charge in [0.05, 0.1) is 16.2 Å². The van der Waals surface area contributed by atoms with Crippen molar-refractivity contribution < 1.29 is 14.5 Å². The van der Waals surface area contributed by atoms with Crippen LogP contribution in [-0.2, 0) is 4.79 Å².